The Labute approximate surface area is 165 Å². The highest BCUT2D eigenvalue weighted by molar-refractivity contribution is 8.14. The third kappa shape index (κ3) is 5.86. The van der Waals surface area contributed by atoms with Gasteiger partial charge < -0.3 is 14.8 Å². The van der Waals surface area contributed by atoms with E-state index in [9.17, 15) is 19.2 Å². The highest BCUT2D eigenvalue weighted by atomic mass is 35.5. The maximum Gasteiger partial charge on any atom is 0.311 e. The zero-order chi connectivity index (χ0) is 20.0. The van der Waals surface area contributed by atoms with E-state index in [2.05, 4.69) is 5.32 Å². The third-order valence-corrected chi connectivity index (χ3v) is 4.82. The Balaban J connectivity index is 1.80. The van der Waals surface area contributed by atoms with Crippen LogP contribution >= 0.6 is 23.4 Å². The predicted octanol–water partition coefficient (Wildman–Crippen LogP) is 1.63. The van der Waals surface area contributed by atoms with Gasteiger partial charge in [-0.1, -0.05) is 23.4 Å². The van der Waals surface area contributed by atoms with E-state index in [1.54, 1.807) is 18.2 Å². The van der Waals surface area contributed by atoms with E-state index in [4.69, 9.17) is 21.1 Å². The maximum absolute atomic E-state index is 12.1. The van der Waals surface area contributed by atoms with E-state index < -0.39 is 18.0 Å². The molecule has 3 amide bonds. The molecule has 0 unspecified atom stereocenters. The monoisotopic (exact) mass is 414 g/mol. The van der Waals surface area contributed by atoms with Crippen molar-refractivity contribution in [2.75, 3.05) is 26.0 Å². The number of nitrogens with zero attached hydrogens (tertiary/aromatic N) is 1. The van der Waals surface area contributed by atoms with Crippen molar-refractivity contribution in [3.05, 3.63) is 28.8 Å². The van der Waals surface area contributed by atoms with Gasteiger partial charge in [-0.3, -0.25) is 24.1 Å². The Hall–Kier alpha value is -2.26. The lowest BCUT2D eigenvalue weighted by Gasteiger charge is -2.16. The van der Waals surface area contributed by atoms with Crippen LogP contribution in [-0.4, -0.2) is 60.0 Å². The average molecular weight is 415 g/mol. The molecule has 1 fully saturated rings. The van der Waals surface area contributed by atoms with Crippen molar-refractivity contribution in [1.82, 2.24) is 10.2 Å². The van der Waals surface area contributed by atoms with E-state index in [0.29, 0.717) is 16.3 Å². The molecule has 1 atom stereocenters. The Morgan fingerprint density at radius 1 is 1.37 bits per heavy atom. The van der Waals surface area contributed by atoms with Crippen molar-refractivity contribution in [3.8, 4) is 5.75 Å². The second-order valence-electron chi connectivity index (χ2n) is 5.66. The molecule has 27 heavy (non-hydrogen) atoms. The summed E-state index contributed by atoms with van der Waals surface area (Å²) >= 11 is 6.85. The molecule has 1 aromatic carbocycles. The van der Waals surface area contributed by atoms with Crippen molar-refractivity contribution in [2.45, 2.75) is 19.4 Å². The molecule has 0 saturated carbocycles. The van der Waals surface area contributed by atoms with Crippen molar-refractivity contribution >= 4 is 46.4 Å². The summed E-state index contributed by atoms with van der Waals surface area (Å²) in [5.41, 5.74) is 0.547. The number of nitrogens with one attached hydrogen (secondary N) is 1. The molecule has 1 N–H and O–H groups in total. The van der Waals surface area contributed by atoms with Gasteiger partial charge in [-0.2, -0.15) is 0 Å². The number of carbonyl (C=O) groups is 4. The minimum absolute atomic E-state index is 0.0801. The lowest BCUT2D eigenvalue weighted by atomic mass is 10.1. The third-order valence-electron chi connectivity index (χ3n) is 3.73. The van der Waals surface area contributed by atoms with Gasteiger partial charge in [0.1, 0.15) is 5.75 Å². The molecule has 1 aliphatic rings. The molecule has 8 nitrogen and oxygen atoms in total. The number of benzene rings is 1. The summed E-state index contributed by atoms with van der Waals surface area (Å²) in [5.74, 6) is -0.804. The normalized spacial score (nSPS) is 14.9. The van der Waals surface area contributed by atoms with Crippen LogP contribution in [0.2, 0.25) is 5.02 Å². The summed E-state index contributed by atoms with van der Waals surface area (Å²) in [4.78, 5) is 48.1. The Kier molecular flexibility index (Phi) is 7.49. The molecular weight excluding hydrogens is 396 g/mol. The van der Waals surface area contributed by atoms with E-state index in [-0.39, 0.29) is 36.4 Å². The van der Waals surface area contributed by atoms with Crippen molar-refractivity contribution in [1.29, 1.82) is 0 Å². The van der Waals surface area contributed by atoms with E-state index in [1.807, 2.05) is 0 Å². The molecule has 0 radical (unpaired) electrons. The van der Waals surface area contributed by atoms with Crippen LogP contribution in [-0.2, 0) is 25.5 Å². The van der Waals surface area contributed by atoms with Crippen LogP contribution in [0.25, 0.3) is 0 Å². The van der Waals surface area contributed by atoms with Crippen LogP contribution in [0.4, 0.5) is 4.79 Å². The number of ether oxygens (including phenoxy) is 2. The first-order chi connectivity index (χ1) is 12.8. The fourth-order valence-corrected chi connectivity index (χ4v) is 3.31. The van der Waals surface area contributed by atoms with Crippen LogP contribution in [0.1, 0.15) is 12.5 Å². The van der Waals surface area contributed by atoms with Crippen LogP contribution < -0.4 is 10.1 Å². The molecular formula is C17H19ClN2O6S. The molecule has 146 valence electrons. The number of carbonyl (C=O) groups excluding carboxylic acids is 4. The minimum atomic E-state index is -1.03. The summed E-state index contributed by atoms with van der Waals surface area (Å²) in [5, 5.41) is 2.66. The van der Waals surface area contributed by atoms with Crippen LogP contribution in [0.15, 0.2) is 18.2 Å². The fourth-order valence-electron chi connectivity index (χ4n) is 2.36. The molecule has 1 aromatic rings. The molecule has 1 saturated heterocycles. The van der Waals surface area contributed by atoms with Crippen molar-refractivity contribution < 1.29 is 28.7 Å². The van der Waals surface area contributed by atoms with E-state index in [1.165, 1.54) is 14.0 Å². The molecule has 0 aliphatic carbocycles. The zero-order valence-corrected chi connectivity index (χ0v) is 16.4. The maximum atomic E-state index is 12.1. The first-order valence-corrected chi connectivity index (χ1v) is 9.45. The minimum Gasteiger partial charge on any atom is -0.496 e. The fraction of sp³-hybridized carbons (Fsp3) is 0.412. The summed E-state index contributed by atoms with van der Waals surface area (Å²) in [6, 6.07) is 4.87. The number of halogens is 1. The van der Waals surface area contributed by atoms with Gasteiger partial charge in [-0.25, -0.2) is 0 Å². The van der Waals surface area contributed by atoms with Crippen LogP contribution in [0.3, 0.4) is 0 Å². The number of hydrogen-bond acceptors (Lipinski definition) is 7. The average Bonchev–Trinajstić information content (AvgIpc) is 2.93. The van der Waals surface area contributed by atoms with Gasteiger partial charge in [0.05, 0.1) is 19.3 Å². The molecule has 10 heteroatoms. The number of rotatable bonds is 8. The summed E-state index contributed by atoms with van der Waals surface area (Å²) in [7, 11) is 1.47. The number of amides is 3. The van der Waals surface area contributed by atoms with Crippen LogP contribution in [0.5, 0.6) is 5.75 Å². The summed E-state index contributed by atoms with van der Waals surface area (Å²) in [6.07, 6.45) is -1.13. The quantitative estimate of drug-likeness (QED) is 0.645. The standard InChI is InChI=1S/C17H19ClN2O6S/c1-10(16(23)19-5-6-20-14(21)9-27-17(20)24)26-15(22)8-11-7-12(18)3-4-13(11)25-2/h3-4,7,10H,5-6,8-9H2,1-2H3,(H,19,23)/t10-/m1/s1. The highest BCUT2D eigenvalue weighted by Crippen LogP contribution is 2.23. The van der Waals surface area contributed by atoms with E-state index in [0.717, 1.165) is 16.7 Å². The largest absolute Gasteiger partial charge is 0.496 e. The Bertz CT molecular complexity index is 741. The van der Waals surface area contributed by atoms with Gasteiger partial charge in [0.15, 0.2) is 6.10 Å². The zero-order valence-electron chi connectivity index (χ0n) is 14.8. The molecule has 2 rings (SSSR count). The smallest absolute Gasteiger partial charge is 0.311 e. The number of imide groups is 1. The van der Waals surface area contributed by atoms with Crippen molar-refractivity contribution in [2.24, 2.45) is 0 Å². The van der Waals surface area contributed by atoms with Gasteiger partial charge in [0.25, 0.3) is 11.1 Å². The second kappa shape index (κ2) is 9.61. The topological polar surface area (TPSA) is 102 Å². The van der Waals surface area contributed by atoms with Crippen molar-refractivity contribution in [3.63, 3.8) is 0 Å². The van der Waals surface area contributed by atoms with E-state index >= 15 is 0 Å². The number of methoxy groups -OCH3 is 1. The highest BCUT2D eigenvalue weighted by Gasteiger charge is 2.29. The number of esters is 1. The van der Waals surface area contributed by atoms with Crippen LogP contribution in [0, 0.1) is 0 Å². The SMILES string of the molecule is COc1ccc(Cl)cc1CC(=O)O[C@H](C)C(=O)NCCN1C(=O)CSC1=O. The summed E-state index contributed by atoms with van der Waals surface area (Å²) < 4.78 is 10.3. The van der Waals surface area contributed by atoms with Gasteiger partial charge in [-0.05, 0) is 25.1 Å². The second-order valence-corrected chi connectivity index (χ2v) is 7.02. The first kappa shape index (κ1) is 21.0. The molecule has 0 aromatic heterocycles. The molecule has 0 bridgehead atoms. The number of hydrogen-bond donors (Lipinski definition) is 1. The lowest BCUT2D eigenvalue weighted by molar-refractivity contribution is -0.154. The Morgan fingerprint density at radius 2 is 2.11 bits per heavy atom. The molecule has 0 spiro atoms. The van der Waals surface area contributed by atoms with Gasteiger partial charge >= 0.3 is 5.97 Å². The predicted molar refractivity (Wildman–Crippen MR) is 99.8 cm³/mol. The van der Waals surface area contributed by atoms with Gasteiger partial charge in [0, 0.05) is 23.7 Å². The summed E-state index contributed by atoms with van der Waals surface area (Å²) in [6.45, 7) is 1.60. The Morgan fingerprint density at radius 3 is 2.74 bits per heavy atom. The molecule has 1 aliphatic heterocycles. The van der Waals surface area contributed by atoms with Gasteiger partial charge in [-0.15, -0.1) is 0 Å². The molecule has 1 heterocycles. The van der Waals surface area contributed by atoms with Gasteiger partial charge in [0.2, 0.25) is 5.91 Å². The first-order valence-electron chi connectivity index (χ1n) is 8.08. The lowest BCUT2D eigenvalue weighted by Crippen LogP contribution is -2.41. The number of thioether (sulfide) groups is 1.